The molecule has 3 rings (SSSR count). The second-order valence-electron chi connectivity index (χ2n) is 6.79. The van der Waals surface area contributed by atoms with Crippen LogP contribution in [-0.4, -0.2) is 37.1 Å². The van der Waals surface area contributed by atoms with Crippen LogP contribution in [0.3, 0.4) is 0 Å². The van der Waals surface area contributed by atoms with Gasteiger partial charge < -0.3 is 10.2 Å². The highest BCUT2D eigenvalue weighted by Gasteiger charge is 2.34. The summed E-state index contributed by atoms with van der Waals surface area (Å²) in [4.78, 5) is 2.84. The van der Waals surface area contributed by atoms with Crippen LogP contribution in [-0.2, 0) is 0 Å². The van der Waals surface area contributed by atoms with E-state index in [9.17, 15) is 0 Å². The van der Waals surface area contributed by atoms with E-state index in [1.54, 1.807) is 0 Å². The molecule has 1 aliphatic carbocycles. The molecule has 3 unspecified atom stereocenters. The van der Waals surface area contributed by atoms with Crippen molar-refractivity contribution in [3.05, 3.63) is 0 Å². The van der Waals surface area contributed by atoms with Crippen LogP contribution in [0.5, 0.6) is 0 Å². The van der Waals surface area contributed by atoms with Crippen molar-refractivity contribution in [2.75, 3.05) is 26.2 Å². The molecule has 1 saturated carbocycles. The van der Waals surface area contributed by atoms with Crippen molar-refractivity contribution in [3.8, 4) is 0 Å². The molecule has 0 amide bonds. The van der Waals surface area contributed by atoms with E-state index in [4.69, 9.17) is 0 Å². The summed E-state index contributed by atoms with van der Waals surface area (Å²) in [5.74, 6) is 2.04. The number of fused-ring (bicyclic) bond motifs is 1. The van der Waals surface area contributed by atoms with Crippen molar-refractivity contribution in [2.24, 2.45) is 11.8 Å². The lowest BCUT2D eigenvalue weighted by Crippen LogP contribution is -2.43. The van der Waals surface area contributed by atoms with Gasteiger partial charge in [-0.1, -0.05) is 6.42 Å². The van der Waals surface area contributed by atoms with Gasteiger partial charge >= 0.3 is 0 Å². The van der Waals surface area contributed by atoms with Gasteiger partial charge in [-0.15, -0.1) is 0 Å². The summed E-state index contributed by atoms with van der Waals surface area (Å²) in [7, 11) is 0. The first-order valence-corrected chi connectivity index (χ1v) is 8.38. The SMILES string of the molecule is C1CNCC(CCCN2CCCC3CCCC32)C1. The minimum Gasteiger partial charge on any atom is -0.316 e. The molecule has 3 aliphatic rings. The average Bonchev–Trinajstić information content (AvgIpc) is 2.89. The Morgan fingerprint density at radius 2 is 1.94 bits per heavy atom. The summed E-state index contributed by atoms with van der Waals surface area (Å²) in [5, 5.41) is 3.55. The molecule has 2 saturated heterocycles. The van der Waals surface area contributed by atoms with Crippen molar-refractivity contribution in [1.82, 2.24) is 10.2 Å². The zero-order valence-corrected chi connectivity index (χ0v) is 11.9. The van der Waals surface area contributed by atoms with Gasteiger partial charge in [0.2, 0.25) is 0 Å². The summed E-state index contributed by atoms with van der Waals surface area (Å²) in [6.45, 7) is 5.32. The number of likely N-dealkylation sites (tertiary alicyclic amines) is 1. The van der Waals surface area contributed by atoms with Gasteiger partial charge in [-0.05, 0) is 89.4 Å². The molecule has 3 atom stereocenters. The normalized spacial score (nSPS) is 37.7. The Labute approximate surface area is 113 Å². The van der Waals surface area contributed by atoms with Crippen molar-refractivity contribution in [1.29, 1.82) is 0 Å². The van der Waals surface area contributed by atoms with E-state index < -0.39 is 0 Å². The Hall–Kier alpha value is -0.0800. The molecule has 1 N–H and O–H groups in total. The first-order chi connectivity index (χ1) is 8.93. The molecule has 18 heavy (non-hydrogen) atoms. The molecule has 2 heterocycles. The van der Waals surface area contributed by atoms with Gasteiger partial charge in [0, 0.05) is 6.04 Å². The largest absolute Gasteiger partial charge is 0.316 e. The molecule has 0 aromatic carbocycles. The van der Waals surface area contributed by atoms with Gasteiger partial charge in [0.25, 0.3) is 0 Å². The van der Waals surface area contributed by atoms with Gasteiger partial charge in [0.1, 0.15) is 0 Å². The Bertz CT molecular complexity index is 247. The predicted octanol–water partition coefficient (Wildman–Crippen LogP) is 3.03. The second-order valence-corrected chi connectivity index (χ2v) is 6.79. The Kier molecular flexibility index (Phi) is 4.58. The molecule has 0 radical (unpaired) electrons. The number of hydrogen-bond acceptors (Lipinski definition) is 2. The highest BCUT2D eigenvalue weighted by atomic mass is 15.2. The number of nitrogens with one attached hydrogen (secondary N) is 1. The van der Waals surface area contributed by atoms with Crippen LogP contribution >= 0.6 is 0 Å². The molecule has 0 aromatic heterocycles. The van der Waals surface area contributed by atoms with Crippen molar-refractivity contribution in [3.63, 3.8) is 0 Å². The van der Waals surface area contributed by atoms with Gasteiger partial charge in [0.05, 0.1) is 0 Å². The fraction of sp³-hybridized carbons (Fsp3) is 1.00. The van der Waals surface area contributed by atoms with Gasteiger partial charge in [0.15, 0.2) is 0 Å². The number of nitrogens with zero attached hydrogens (tertiary/aromatic N) is 1. The molecular formula is C16H30N2. The van der Waals surface area contributed by atoms with Gasteiger partial charge in [-0.25, -0.2) is 0 Å². The maximum Gasteiger partial charge on any atom is 0.0123 e. The molecule has 2 aliphatic heterocycles. The van der Waals surface area contributed by atoms with E-state index in [0.29, 0.717) is 0 Å². The van der Waals surface area contributed by atoms with Crippen LogP contribution in [0.4, 0.5) is 0 Å². The Balaban J connectivity index is 1.39. The minimum absolute atomic E-state index is 0.975. The molecule has 0 spiro atoms. The molecule has 104 valence electrons. The summed E-state index contributed by atoms with van der Waals surface area (Å²) in [6, 6.07) is 0.975. The molecule has 0 bridgehead atoms. The third-order valence-electron chi connectivity index (χ3n) is 5.56. The van der Waals surface area contributed by atoms with Crippen LogP contribution in [0.15, 0.2) is 0 Å². The first-order valence-electron chi connectivity index (χ1n) is 8.38. The summed E-state index contributed by atoms with van der Waals surface area (Å²) >= 11 is 0. The number of piperidine rings is 2. The fourth-order valence-corrected chi connectivity index (χ4v) is 4.59. The smallest absolute Gasteiger partial charge is 0.0123 e. The third-order valence-corrected chi connectivity index (χ3v) is 5.56. The van der Waals surface area contributed by atoms with Crippen LogP contribution < -0.4 is 5.32 Å². The van der Waals surface area contributed by atoms with Crippen molar-refractivity contribution < 1.29 is 0 Å². The Morgan fingerprint density at radius 3 is 2.83 bits per heavy atom. The highest BCUT2D eigenvalue weighted by molar-refractivity contribution is 4.89. The van der Waals surface area contributed by atoms with Gasteiger partial charge in [-0.3, -0.25) is 0 Å². The summed E-state index contributed by atoms with van der Waals surface area (Å²) in [6.07, 6.45) is 13.3. The average molecular weight is 250 g/mol. The van der Waals surface area contributed by atoms with Crippen molar-refractivity contribution in [2.45, 2.75) is 63.8 Å². The topological polar surface area (TPSA) is 15.3 Å². The van der Waals surface area contributed by atoms with Crippen molar-refractivity contribution >= 4 is 0 Å². The van der Waals surface area contributed by atoms with Crippen LogP contribution in [0.25, 0.3) is 0 Å². The van der Waals surface area contributed by atoms with Gasteiger partial charge in [-0.2, -0.15) is 0 Å². The highest BCUT2D eigenvalue weighted by Crippen LogP contribution is 2.36. The van der Waals surface area contributed by atoms with E-state index in [0.717, 1.165) is 17.9 Å². The molecule has 2 nitrogen and oxygen atoms in total. The Morgan fingerprint density at radius 1 is 1.00 bits per heavy atom. The first kappa shape index (κ1) is 12.9. The molecule has 3 fully saturated rings. The maximum absolute atomic E-state index is 3.55. The number of hydrogen-bond donors (Lipinski definition) is 1. The quantitative estimate of drug-likeness (QED) is 0.825. The van der Waals surface area contributed by atoms with E-state index in [-0.39, 0.29) is 0 Å². The van der Waals surface area contributed by atoms with E-state index in [1.807, 2.05) is 0 Å². The third kappa shape index (κ3) is 3.08. The van der Waals surface area contributed by atoms with E-state index in [1.165, 1.54) is 84.0 Å². The molecule has 2 heteroatoms. The molecular weight excluding hydrogens is 220 g/mol. The number of rotatable bonds is 4. The van der Waals surface area contributed by atoms with E-state index in [2.05, 4.69) is 10.2 Å². The van der Waals surface area contributed by atoms with Crippen LogP contribution in [0.1, 0.15) is 57.8 Å². The molecule has 0 aromatic rings. The van der Waals surface area contributed by atoms with Crippen LogP contribution in [0.2, 0.25) is 0 Å². The maximum atomic E-state index is 3.55. The summed E-state index contributed by atoms with van der Waals surface area (Å²) < 4.78 is 0. The fourth-order valence-electron chi connectivity index (χ4n) is 4.59. The lowest BCUT2D eigenvalue weighted by atomic mass is 9.91. The minimum atomic E-state index is 0.975. The standard InChI is InChI=1S/C16H30N2/c1-7-15-8-4-12-18(16(15)9-1)11-3-6-14-5-2-10-17-13-14/h14-17H,1-13H2. The zero-order chi connectivity index (χ0) is 12.2. The van der Waals surface area contributed by atoms with Crippen LogP contribution in [0, 0.1) is 11.8 Å². The lowest BCUT2D eigenvalue weighted by molar-refractivity contribution is 0.109. The predicted molar refractivity (Wildman–Crippen MR) is 76.8 cm³/mol. The zero-order valence-electron chi connectivity index (χ0n) is 11.9. The summed E-state index contributed by atoms with van der Waals surface area (Å²) in [5.41, 5.74) is 0. The monoisotopic (exact) mass is 250 g/mol. The second kappa shape index (κ2) is 6.38. The van der Waals surface area contributed by atoms with E-state index >= 15 is 0 Å². The lowest BCUT2D eigenvalue weighted by Gasteiger charge is -2.38.